The largest absolute Gasteiger partial charge is 0.507 e. The molecule has 32 heavy (non-hydrogen) atoms. The number of Topliss-reactive ketones (excluding diaryl/α,β-unsaturated/α-hetero) is 1. The number of rotatable bonds is 5. The van der Waals surface area contributed by atoms with Gasteiger partial charge < -0.3 is 14.7 Å². The maximum absolute atomic E-state index is 14.0. The lowest BCUT2D eigenvalue weighted by Crippen LogP contribution is -2.29. The minimum atomic E-state index is -0.994. The van der Waals surface area contributed by atoms with Crippen molar-refractivity contribution >= 4 is 29.1 Å². The Morgan fingerprint density at radius 1 is 1.19 bits per heavy atom. The standard InChI is InChI=1S/C24H18ClFN2O4/c1-32-19-8-7-16(11-18(19)25)22(29)20-21(15-5-2-6-17(26)10-15)28(24(31)23(20)30)13-14-4-3-9-27-12-14/h2-12,21,29H,13H2,1H3/t21-/m1/s1. The minimum absolute atomic E-state index is 0.0553. The fraction of sp³-hybridized carbons (Fsp3) is 0.125. The molecular formula is C24H18ClFN2O4. The van der Waals surface area contributed by atoms with Crippen molar-refractivity contribution in [3.63, 3.8) is 0 Å². The van der Waals surface area contributed by atoms with Gasteiger partial charge in [-0.15, -0.1) is 0 Å². The van der Waals surface area contributed by atoms with Crippen LogP contribution in [0.1, 0.15) is 22.7 Å². The number of likely N-dealkylation sites (tertiary alicyclic amines) is 1. The number of ether oxygens (including phenoxy) is 1. The molecule has 4 rings (SSSR count). The number of carbonyl (C=O) groups excluding carboxylic acids is 2. The number of aromatic nitrogens is 1. The van der Waals surface area contributed by atoms with E-state index in [2.05, 4.69) is 4.98 Å². The number of nitrogens with zero attached hydrogens (tertiary/aromatic N) is 2. The predicted octanol–water partition coefficient (Wildman–Crippen LogP) is 4.50. The first-order valence-corrected chi connectivity index (χ1v) is 10.0. The number of ketones is 1. The molecule has 2 heterocycles. The van der Waals surface area contributed by atoms with Gasteiger partial charge in [0.1, 0.15) is 17.3 Å². The van der Waals surface area contributed by atoms with Crippen molar-refractivity contribution in [1.82, 2.24) is 9.88 Å². The molecule has 6 nitrogen and oxygen atoms in total. The van der Waals surface area contributed by atoms with E-state index in [9.17, 15) is 19.1 Å². The van der Waals surface area contributed by atoms with Gasteiger partial charge >= 0.3 is 0 Å². The van der Waals surface area contributed by atoms with E-state index in [0.717, 1.165) is 0 Å². The van der Waals surface area contributed by atoms with E-state index in [1.165, 1.54) is 42.3 Å². The first-order chi connectivity index (χ1) is 15.4. The van der Waals surface area contributed by atoms with Crippen LogP contribution in [0.5, 0.6) is 5.75 Å². The molecule has 162 valence electrons. The Balaban J connectivity index is 1.87. The first-order valence-electron chi connectivity index (χ1n) is 9.67. The zero-order valence-electron chi connectivity index (χ0n) is 17.0. The lowest BCUT2D eigenvalue weighted by atomic mass is 9.95. The molecule has 0 saturated carbocycles. The summed E-state index contributed by atoms with van der Waals surface area (Å²) >= 11 is 6.18. The number of aliphatic hydroxyl groups excluding tert-OH is 1. The van der Waals surface area contributed by atoms with Crippen LogP contribution in [0.2, 0.25) is 5.02 Å². The SMILES string of the molecule is COc1ccc(C(O)=C2C(=O)C(=O)N(Cc3cccnc3)[C@@H]2c2cccc(F)c2)cc1Cl. The van der Waals surface area contributed by atoms with Gasteiger partial charge in [0.05, 0.1) is 23.7 Å². The number of hydrogen-bond acceptors (Lipinski definition) is 5. The second-order valence-electron chi connectivity index (χ2n) is 7.19. The van der Waals surface area contributed by atoms with Crippen LogP contribution in [0.15, 0.2) is 72.6 Å². The molecule has 8 heteroatoms. The highest BCUT2D eigenvalue weighted by atomic mass is 35.5. The summed E-state index contributed by atoms with van der Waals surface area (Å²) in [5.41, 5.74) is 1.12. The number of carbonyl (C=O) groups is 2. The fourth-order valence-electron chi connectivity index (χ4n) is 3.72. The van der Waals surface area contributed by atoms with Crippen LogP contribution in [0.3, 0.4) is 0 Å². The normalized spacial score (nSPS) is 17.6. The molecule has 2 aromatic carbocycles. The first kappa shape index (κ1) is 21.5. The number of hydrogen-bond donors (Lipinski definition) is 1. The highest BCUT2D eigenvalue weighted by Crippen LogP contribution is 2.41. The molecule has 1 N–H and O–H groups in total. The maximum Gasteiger partial charge on any atom is 0.295 e. The number of aliphatic hydroxyl groups is 1. The van der Waals surface area contributed by atoms with Gasteiger partial charge in [-0.1, -0.05) is 29.8 Å². The van der Waals surface area contributed by atoms with Crippen LogP contribution in [0.25, 0.3) is 5.76 Å². The number of methoxy groups -OCH3 is 1. The molecule has 1 saturated heterocycles. The Hall–Kier alpha value is -3.71. The second kappa shape index (κ2) is 8.80. The molecule has 1 aliphatic heterocycles. The molecular weight excluding hydrogens is 435 g/mol. The van der Waals surface area contributed by atoms with Gasteiger partial charge in [0.2, 0.25) is 0 Å². The molecule has 0 aliphatic carbocycles. The highest BCUT2D eigenvalue weighted by molar-refractivity contribution is 6.46. The topological polar surface area (TPSA) is 79.7 Å². The highest BCUT2D eigenvalue weighted by Gasteiger charge is 2.46. The fourth-order valence-corrected chi connectivity index (χ4v) is 3.98. The van der Waals surface area contributed by atoms with E-state index in [0.29, 0.717) is 16.9 Å². The second-order valence-corrected chi connectivity index (χ2v) is 7.60. The van der Waals surface area contributed by atoms with Crippen molar-refractivity contribution in [2.45, 2.75) is 12.6 Å². The summed E-state index contributed by atoms with van der Waals surface area (Å²) in [5, 5.41) is 11.3. The monoisotopic (exact) mass is 452 g/mol. The van der Waals surface area contributed by atoms with Crippen molar-refractivity contribution in [2.75, 3.05) is 7.11 Å². The molecule has 0 unspecified atom stereocenters. The smallest absolute Gasteiger partial charge is 0.295 e. The summed E-state index contributed by atoms with van der Waals surface area (Å²) in [5.74, 6) is -2.21. The van der Waals surface area contributed by atoms with Crippen molar-refractivity contribution < 1.29 is 23.8 Å². The molecule has 0 bridgehead atoms. The third kappa shape index (κ3) is 3.94. The summed E-state index contributed by atoms with van der Waals surface area (Å²) < 4.78 is 19.2. The Kier molecular flexibility index (Phi) is 5.92. The molecule has 1 fully saturated rings. The van der Waals surface area contributed by atoms with E-state index < -0.39 is 29.3 Å². The lowest BCUT2D eigenvalue weighted by Gasteiger charge is -2.25. The van der Waals surface area contributed by atoms with Crippen molar-refractivity contribution in [3.8, 4) is 5.75 Å². The van der Waals surface area contributed by atoms with Crippen LogP contribution in [0, 0.1) is 5.82 Å². The van der Waals surface area contributed by atoms with Crippen LogP contribution < -0.4 is 4.74 Å². The number of amides is 1. The maximum atomic E-state index is 14.0. The summed E-state index contributed by atoms with van der Waals surface area (Å²) in [7, 11) is 1.45. The van der Waals surface area contributed by atoms with Crippen LogP contribution in [-0.2, 0) is 16.1 Å². The molecule has 1 atom stereocenters. The van der Waals surface area contributed by atoms with Gasteiger partial charge in [-0.05, 0) is 47.5 Å². The van der Waals surface area contributed by atoms with Crippen LogP contribution in [0.4, 0.5) is 4.39 Å². The lowest BCUT2D eigenvalue weighted by molar-refractivity contribution is -0.140. The third-order valence-corrected chi connectivity index (χ3v) is 5.50. The molecule has 0 radical (unpaired) electrons. The molecule has 1 amide bonds. The van der Waals surface area contributed by atoms with Gasteiger partial charge in [-0.3, -0.25) is 14.6 Å². The van der Waals surface area contributed by atoms with Gasteiger partial charge in [0, 0.05) is 24.5 Å². The number of pyridine rings is 1. The summed E-state index contributed by atoms with van der Waals surface area (Å²) in [6, 6.07) is 12.6. The zero-order valence-corrected chi connectivity index (χ0v) is 17.7. The third-order valence-electron chi connectivity index (χ3n) is 5.21. The Morgan fingerprint density at radius 3 is 2.66 bits per heavy atom. The van der Waals surface area contributed by atoms with Crippen molar-refractivity contribution in [3.05, 3.63) is 100 Å². The molecule has 1 aromatic heterocycles. The Morgan fingerprint density at radius 2 is 2.00 bits per heavy atom. The van der Waals surface area contributed by atoms with Gasteiger partial charge in [-0.2, -0.15) is 0 Å². The van der Waals surface area contributed by atoms with Gasteiger partial charge in [0.15, 0.2) is 0 Å². The van der Waals surface area contributed by atoms with Crippen LogP contribution in [-0.4, -0.2) is 33.8 Å². The minimum Gasteiger partial charge on any atom is -0.507 e. The summed E-state index contributed by atoms with van der Waals surface area (Å²) in [6.45, 7) is 0.0553. The van der Waals surface area contributed by atoms with E-state index >= 15 is 0 Å². The average Bonchev–Trinajstić information content (AvgIpc) is 3.04. The molecule has 3 aromatic rings. The predicted molar refractivity (Wildman–Crippen MR) is 116 cm³/mol. The van der Waals surface area contributed by atoms with Crippen molar-refractivity contribution in [1.29, 1.82) is 0 Å². The van der Waals surface area contributed by atoms with Gasteiger partial charge in [-0.25, -0.2) is 4.39 Å². The van der Waals surface area contributed by atoms with E-state index in [4.69, 9.17) is 16.3 Å². The van der Waals surface area contributed by atoms with E-state index in [1.54, 1.807) is 36.7 Å². The summed E-state index contributed by atoms with van der Waals surface area (Å²) in [6.07, 6.45) is 3.17. The Labute approximate surface area is 188 Å². The number of benzene rings is 2. The quantitative estimate of drug-likeness (QED) is 0.350. The Bertz CT molecular complexity index is 1230. The zero-order chi connectivity index (χ0) is 22.8. The van der Waals surface area contributed by atoms with E-state index in [1.807, 2.05) is 0 Å². The van der Waals surface area contributed by atoms with E-state index in [-0.39, 0.29) is 22.7 Å². The molecule has 1 aliphatic rings. The summed E-state index contributed by atoms with van der Waals surface area (Å²) in [4.78, 5) is 31.3. The van der Waals surface area contributed by atoms with Crippen molar-refractivity contribution in [2.24, 2.45) is 0 Å². The molecule has 0 spiro atoms. The van der Waals surface area contributed by atoms with Gasteiger partial charge in [0.25, 0.3) is 11.7 Å². The van der Waals surface area contributed by atoms with Crippen LogP contribution >= 0.6 is 11.6 Å². The number of halogens is 2. The average molecular weight is 453 g/mol.